The molecule has 0 spiro atoms. The highest BCUT2D eigenvalue weighted by molar-refractivity contribution is 5.57. The highest BCUT2D eigenvalue weighted by atomic mass is 16.3. The van der Waals surface area contributed by atoms with E-state index >= 15 is 0 Å². The third kappa shape index (κ3) is 4.50. The van der Waals surface area contributed by atoms with Gasteiger partial charge in [-0.25, -0.2) is 9.97 Å². The minimum Gasteiger partial charge on any atom is -0.391 e. The Hall–Kier alpha value is -2.05. The molecule has 2 unspecified atom stereocenters. The number of hydrogen-bond donors (Lipinski definition) is 2. The van der Waals surface area contributed by atoms with Gasteiger partial charge in [0.05, 0.1) is 6.10 Å². The van der Waals surface area contributed by atoms with Crippen molar-refractivity contribution in [2.75, 3.05) is 18.4 Å². The fourth-order valence-corrected chi connectivity index (χ4v) is 4.48. The largest absolute Gasteiger partial charge is 0.391 e. The van der Waals surface area contributed by atoms with Gasteiger partial charge >= 0.3 is 0 Å². The molecule has 2 atom stereocenters. The SMILES string of the molecule is CCc1cc(NC2CCN(C3CCCCC3O)CC2)nc(-c2ccncc2)n1. The van der Waals surface area contributed by atoms with Crippen molar-refractivity contribution >= 4 is 5.82 Å². The normalized spacial score (nSPS) is 24.2. The Bertz CT molecular complexity index is 761. The smallest absolute Gasteiger partial charge is 0.161 e. The lowest BCUT2D eigenvalue weighted by atomic mass is 9.89. The van der Waals surface area contributed by atoms with Crippen LogP contribution in [0.3, 0.4) is 0 Å². The lowest BCUT2D eigenvalue weighted by molar-refractivity contribution is 0.00992. The predicted octanol–water partition coefficient (Wildman–Crippen LogP) is 3.28. The van der Waals surface area contributed by atoms with Crippen molar-refractivity contribution in [3.05, 3.63) is 36.3 Å². The van der Waals surface area contributed by atoms with E-state index in [1.54, 1.807) is 12.4 Å². The molecule has 1 aliphatic carbocycles. The molecular formula is C22H31N5O. The van der Waals surface area contributed by atoms with E-state index in [1.807, 2.05) is 12.1 Å². The zero-order valence-corrected chi connectivity index (χ0v) is 16.7. The molecule has 2 aromatic rings. The Morgan fingerprint density at radius 2 is 1.82 bits per heavy atom. The van der Waals surface area contributed by atoms with E-state index in [2.05, 4.69) is 33.2 Å². The molecule has 2 fully saturated rings. The molecule has 4 rings (SSSR count). The van der Waals surface area contributed by atoms with E-state index in [-0.39, 0.29) is 6.10 Å². The summed E-state index contributed by atoms with van der Waals surface area (Å²) in [6.45, 7) is 4.21. The van der Waals surface area contributed by atoms with Gasteiger partial charge in [0.25, 0.3) is 0 Å². The van der Waals surface area contributed by atoms with Gasteiger partial charge in [0.1, 0.15) is 5.82 Å². The Morgan fingerprint density at radius 1 is 1.07 bits per heavy atom. The number of likely N-dealkylation sites (tertiary alicyclic amines) is 1. The minimum atomic E-state index is -0.143. The van der Waals surface area contributed by atoms with Crippen LogP contribution in [0.25, 0.3) is 11.4 Å². The number of hydrogen-bond acceptors (Lipinski definition) is 6. The summed E-state index contributed by atoms with van der Waals surface area (Å²) in [5, 5.41) is 14.0. The van der Waals surface area contributed by atoms with Crippen LogP contribution in [0.4, 0.5) is 5.82 Å². The van der Waals surface area contributed by atoms with E-state index < -0.39 is 0 Å². The molecule has 150 valence electrons. The summed E-state index contributed by atoms with van der Waals surface area (Å²) < 4.78 is 0. The van der Waals surface area contributed by atoms with Crippen molar-refractivity contribution in [3.63, 3.8) is 0 Å². The van der Waals surface area contributed by atoms with Crippen LogP contribution in [0.1, 0.15) is 51.1 Å². The summed E-state index contributed by atoms with van der Waals surface area (Å²) in [4.78, 5) is 16.0. The Kier molecular flexibility index (Phi) is 6.17. The summed E-state index contributed by atoms with van der Waals surface area (Å²) in [6.07, 6.45) is 11.0. The van der Waals surface area contributed by atoms with Gasteiger partial charge < -0.3 is 10.4 Å². The van der Waals surface area contributed by atoms with E-state index in [4.69, 9.17) is 4.98 Å². The van der Waals surface area contributed by atoms with Gasteiger partial charge in [0, 0.05) is 54.9 Å². The number of nitrogens with zero attached hydrogens (tertiary/aromatic N) is 4. The van der Waals surface area contributed by atoms with Gasteiger partial charge in [-0.1, -0.05) is 19.8 Å². The molecule has 1 aliphatic heterocycles. The van der Waals surface area contributed by atoms with Gasteiger partial charge in [0.15, 0.2) is 5.82 Å². The molecule has 6 nitrogen and oxygen atoms in total. The molecule has 1 saturated heterocycles. The maximum absolute atomic E-state index is 10.3. The summed E-state index contributed by atoms with van der Waals surface area (Å²) in [6, 6.07) is 6.75. The van der Waals surface area contributed by atoms with Crippen LogP contribution in [0.2, 0.25) is 0 Å². The van der Waals surface area contributed by atoms with Crippen LogP contribution in [0.5, 0.6) is 0 Å². The van der Waals surface area contributed by atoms with E-state index in [0.29, 0.717) is 12.1 Å². The van der Waals surface area contributed by atoms with Crippen LogP contribution < -0.4 is 5.32 Å². The standard InChI is InChI=1S/C22H31N5O/c1-2-17-15-21(26-22(25-17)16-7-11-23-12-8-16)24-18-9-13-27(14-10-18)19-5-3-4-6-20(19)28/h7-8,11-12,15,18-20,28H,2-6,9-10,13-14H2,1H3,(H,24,25,26). The predicted molar refractivity (Wildman–Crippen MR) is 111 cm³/mol. The van der Waals surface area contributed by atoms with Gasteiger partial charge in [-0.3, -0.25) is 9.88 Å². The average Bonchev–Trinajstić information content (AvgIpc) is 2.75. The lowest BCUT2D eigenvalue weighted by Crippen LogP contribution is -2.50. The maximum Gasteiger partial charge on any atom is 0.161 e. The molecule has 2 aliphatic rings. The van der Waals surface area contributed by atoms with Gasteiger partial charge in [-0.2, -0.15) is 0 Å². The molecule has 0 radical (unpaired) electrons. The molecule has 1 saturated carbocycles. The maximum atomic E-state index is 10.3. The third-order valence-corrected chi connectivity index (χ3v) is 6.12. The molecule has 6 heteroatoms. The third-order valence-electron chi connectivity index (χ3n) is 6.12. The number of aryl methyl sites for hydroxylation is 1. The van der Waals surface area contributed by atoms with Crippen LogP contribution in [0, 0.1) is 0 Å². The van der Waals surface area contributed by atoms with Crippen molar-refractivity contribution in [3.8, 4) is 11.4 Å². The Morgan fingerprint density at radius 3 is 2.54 bits per heavy atom. The first-order valence-electron chi connectivity index (χ1n) is 10.7. The number of nitrogens with one attached hydrogen (secondary N) is 1. The molecular weight excluding hydrogens is 350 g/mol. The summed E-state index contributed by atoms with van der Waals surface area (Å²) >= 11 is 0. The van der Waals surface area contributed by atoms with Crippen molar-refractivity contribution in [2.24, 2.45) is 0 Å². The van der Waals surface area contributed by atoms with E-state index in [9.17, 15) is 5.11 Å². The highest BCUT2D eigenvalue weighted by Gasteiger charge is 2.31. The molecule has 0 amide bonds. The second-order valence-corrected chi connectivity index (χ2v) is 8.03. The van der Waals surface area contributed by atoms with Crippen LogP contribution in [-0.4, -0.2) is 56.2 Å². The van der Waals surface area contributed by atoms with E-state index in [0.717, 1.165) is 68.1 Å². The number of aliphatic hydroxyl groups excluding tert-OH is 1. The minimum absolute atomic E-state index is 0.143. The quantitative estimate of drug-likeness (QED) is 0.828. The zero-order chi connectivity index (χ0) is 19.3. The number of pyridine rings is 1. The molecule has 2 N–H and O–H groups in total. The molecule has 0 aromatic carbocycles. The van der Waals surface area contributed by atoms with Crippen molar-refractivity contribution in [1.29, 1.82) is 0 Å². The summed E-state index contributed by atoms with van der Waals surface area (Å²) in [5.41, 5.74) is 2.04. The zero-order valence-electron chi connectivity index (χ0n) is 16.7. The summed E-state index contributed by atoms with van der Waals surface area (Å²) in [7, 11) is 0. The van der Waals surface area contributed by atoms with Crippen molar-refractivity contribution in [1.82, 2.24) is 19.9 Å². The summed E-state index contributed by atoms with van der Waals surface area (Å²) in [5.74, 6) is 1.67. The van der Waals surface area contributed by atoms with Crippen molar-refractivity contribution in [2.45, 2.75) is 70.1 Å². The molecule has 2 aromatic heterocycles. The number of aliphatic hydroxyl groups is 1. The Balaban J connectivity index is 1.41. The molecule has 3 heterocycles. The number of aromatic nitrogens is 3. The first-order chi connectivity index (χ1) is 13.7. The van der Waals surface area contributed by atoms with Crippen molar-refractivity contribution < 1.29 is 5.11 Å². The van der Waals surface area contributed by atoms with Gasteiger partial charge in [-0.05, 0) is 44.2 Å². The average molecular weight is 382 g/mol. The number of piperidine rings is 1. The number of rotatable bonds is 5. The first kappa shape index (κ1) is 19.3. The molecule has 28 heavy (non-hydrogen) atoms. The van der Waals surface area contributed by atoms with Gasteiger partial charge in [0.2, 0.25) is 0 Å². The highest BCUT2D eigenvalue weighted by Crippen LogP contribution is 2.27. The van der Waals surface area contributed by atoms with Crippen LogP contribution >= 0.6 is 0 Å². The number of anilines is 1. The van der Waals surface area contributed by atoms with Crippen LogP contribution in [-0.2, 0) is 6.42 Å². The lowest BCUT2D eigenvalue weighted by Gasteiger charge is -2.41. The van der Waals surface area contributed by atoms with Crippen LogP contribution in [0.15, 0.2) is 30.6 Å². The van der Waals surface area contributed by atoms with Gasteiger partial charge in [-0.15, -0.1) is 0 Å². The fraction of sp³-hybridized carbons (Fsp3) is 0.591. The monoisotopic (exact) mass is 381 g/mol. The second kappa shape index (κ2) is 8.97. The second-order valence-electron chi connectivity index (χ2n) is 8.03. The Labute approximate surface area is 167 Å². The first-order valence-corrected chi connectivity index (χ1v) is 10.7. The molecule has 0 bridgehead atoms. The van der Waals surface area contributed by atoms with E-state index in [1.165, 1.54) is 12.8 Å². The fourth-order valence-electron chi connectivity index (χ4n) is 4.48. The topological polar surface area (TPSA) is 74.2 Å².